The topological polar surface area (TPSA) is 33.7 Å². The lowest BCUT2D eigenvalue weighted by Gasteiger charge is -2.26. The molecule has 0 spiro atoms. The first kappa shape index (κ1) is 15.9. The zero-order valence-corrected chi connectivity index (χ0v) is 12.3. The van der Waals surface area contributed by atoms with Crippen LogP contribution in [0.3, 0.4) is 0 Å². The number of likely N-dealkylation sites (N-methyl/N-ethyl adjacent to an activating group) is 1. The number of nitrogens with one attached hydrogen (secondary N) is 1. The average Bonchev–Trinajstić information content (AvgIpc) is 2.79. The summed E-state index contributed by atoms with van der Waals surface area (Å²) >= 11 is 0. The zero-order chi connectivity index (χ0) is 13.2. The third-order valence-electron chi connectivity index (χ3n) is 3.64. The fraction of sp³-hybridized carbons (Fsp3) is 1.00. The van der Waals surface area contributed by atoms with Gasteiger partial charge in [0.25, 0.3) is 0 Å². The van der Waals surface area contributed by atoms with Crippen LogP contribution in [0.2, 0.25) is 0 Å². The quantitative estimate of drug-likeness (QED) is 0.602. The molecule has 1 aliphatic heterocycles. The predicted octanol–water partition coefficient (Wildman–Crippen LogP) is 1.50. The van der Waals surface area contributed by atoms with Gasteiger partial charge in [-0.15, -0.1) is 0 Å². The second-order valence-corrected chi connectivity index (χ2v) is 5.07. The van der Waals surface area contributed by atoms with E-state index < -0.39 is 0 Å². The van der Waals surface area contributed by atoms with Gasteiger partial charge in [-0.1, -0.05) is 0 Å². The Kier molecular flexibility index (Phi) is 8.59. The van der Waals surface area contributed by atoms with E-state index in [1.54, 1.807) is 0 Å². The molecule has 0 aromatic carbocycles. The van der Waals surface area contributed by atoms with Crippen LogP contribution in [0.25, 0.3) is 0 Å². The number of rotatable bonds is 10. The second-order valence-electron chi connectivity index (χ2n) is 5.07. The Hall–Kier alpha value is -0.160. The number of hydrogen-bond acceptors (Lipinski definition) is 4. The summed E-state index contributed by atoms with van der Waals surface area (Å²) < 4.78 is 10.9. The van der Waals surface area contributed by atoms with Crippen LogP contribution in [0.15, 0.2) is 0 Å². The number of nitrogens with zero attached hydrogens (tertiary/aromatic N) is 1. The molecule has 2 atom stereocenters. The highest BCUT2D eigenvalue weighted by Crippen LogP contribution is 2.17. The molecule has 0 bridgehead atoms. The van der Waals surface area contributed by atoms with Gasteiger partial charge in [-0.25, -0.2) is 0 Å². The number of unbranched alkanes of at least 4 members (excludes halogenated alkanes) is 1. The van der Waals surface area contributed by atoms with Crippen molar-refractivity contribution in [3.63, 3.8) is 0 Å². The Morgan fingerprint density at radius 3 is 2.83 bits per heavy atom. The summed E-state index contributed by atoms with van der Waals surface area (Å²) in [7, 11) is 2.20. The molecule has 4 heteroatoms. The molecule has 0 aromatic rings. The molecule has 1 aliphatic rings. The van der Waals surface area contributed by atoms with Crippen molar-refractivity contribution in [2.45, 2.75) is 45.3 Å². The molecule has 2 unspecified atom stereocenters. The fourth-order valence-corrected chi connectivity index (χ4v) is 2.44. The second kappa shape index (κ2) is 9.73. The monoisotopic (exact) mass is 258 g/mol. The van der Waals surface area contributed by atoms with Crippen molar-refractivity contribution in [2.24, 2.45) is 0 Å². The third-order valence-corrected chi connectivity index (χ3v) is 3.64. The third kappa shape index (κ3) is 6.14. The maximum absolute atomic E-state index is 5.59. The van der Waals surface area contributed by atoms with E-state index in [9.17, 15) is 0 Å². The fourth-order valence-electron chi connectivity index (χ4n) is 2.44. The normalized spacial score (nSPS) is 24.0. The average molecular weight is 258 g/mol. The maximum atomic E-state index is 5.59. The lowest BCUT2D eigenvalue weighted by Crippen LogP contribution is -2.40. The molecule has 4 nitrogen and oxygen atoms in total. The van der Waals surface area contributed by atoms with Gasteiger partial charge in [0.2, 0.25) is 0 Å². The lowest BCUT2D eigenvalue weighted by molar-refractivity contribution is 0.0840. The van der Waals surface area contributed by atoms with Crippen LogP contribution >= 0.6 is 0 Å². The summed E-state index contributed by atoms with van der Waals surface area (Å²) in [6.07, 6.45) is 3.92. The zero-order valence-electron chi connectivity index (χ0n) is 12.3. The molecule has 1 fully saturated rings. The van der Waals surface area contributed by atoms with E-state index in [4.69, 9.17) is 9.47 Å². The summed E-state index contributed by atoms with van der Waals surface area (Å²) in [5.41, 5.74) is 0. The van der Waals surface area contributed by atoms with E-state index in [2.05, 4.69) is 24.2 Å². The van der Waals surface area contributed by atoms with Crippen LogP contribution in [-0.2, 0) is 9.47 Å². The van der Waals surface area contributed by atoms with Gasteiger partial charge in [0.15, 0.2) is 0 Å². The molecule has 0 amide bonds. The van der Waals surface area contributed by atoms with E-state index in [1.165, 1.54) is 12.8 Å². The minimum atomic E-state index is 0.390. The summed E-state index contributed by atoms with van der Waals surface area (Å²) in [5, 5.41) is 3.49. The van der Waals surface area contributed by atoms with Crippen LogP contribution in [0.1, 0.15) is 33.1 Å². The maximum Gasteiger partial charge on any atom is 0.0702 e. The minimum absolute atomic E-state index is 0.390. The SMILES string of the molecule is CCOCCCCNCCN(C)C1CCOC1C. The Morgan fingerprint density at radius 2 is 2.17 bits per heavy atom. The van der Waals surface area contributed by atoms with Crippen LogP contribution in [0.5, 0.6) is 0 Å². The van der Waals surface area contributed by atoms with E-state index in [0.29, 0.717) is 12.1 Å². The van der Waals surface area contributed by atoms with Crippen LogP contribution in [0, 0.1) is 0 Å². The van der Waals surface area contributed by atoms with Crippen LogP contribution < -0.4 is 5.32 Å². The highest BCUT2D eigenvalue weighted by Gasteiger charge is 2.27. The van der Waals surface area contributed by atoms with Gasteiger partial charge in [-0.3, -0.25) is 4.90 Å². The molecule has 0 saturated carbocycles. The first-order valence-electron chi connectivity index (χ1n) is 7.36. The Balaban J connectivity index is 1.91. The molecule has 0 aromatic heterocycles. The molecular formula is C14H30N2O2. The molecule has 0 aliphatic carbocycles. The van der Waals surface area contributed by atoms with Crippen molar-refractivity contribution in [3.05, 3.63) is 0 Å². The van der Waals surface area contributed by atoms with Crippen LogP contribution in [0.4, 0.5) is 0 Å². The molecule has 1 N–H and O–H groups in total. The largest absolute Gasteiger partial charge is 0.382 e. The van der Waals surface area contributed by atoms with Gasteiger partial charge in [-0.05, 0) is 46.7 Å². The Morgan fingerprint density at radius 1 is 1.33 bits per heavy atom. The van der Waals surface area contributed by atoms with Crippen molar-refractivity contribution in [3.8, 4) is 0 Å². The summed E-state index contributed by atoms with van der Waals surface area (Å²) in [6.45, 7) is 10.1. The van der Waals surface area contributed by atoms with Crippen molar-refractivity contribution in [1.29, 1.82) is 0 Å². The number of ether oxygens (including phenoxy) is 2. The van der Waals surface area contributed by atoms with Crippen molar-refractivity contribution < 1.29 is 9.47 Å². The highest BCUT2D eigenvalue weighted by atomic mass is 16.5. The molecule has 108 valence electrons. The Labute approximate surface area is 112 Å². The van der Waals surface area contributed by atoms with Crippen molar-refractivity contribution in [1.82, 2.24) is 10.2 Å². The first-order valence-corrected chi connectivity index (χ1v) is 7.36. The van der Waals surface area contributed by atoms with Crippen molar-refractivity contribution >= 4 is 0 Å². The van der Waals surface area contributed by atoms with Crippen LogP contribution in [-0.4, -0.2) is 63.5 Å². The van der Waals surface area contributed by atoms with Gasteiger partial charge in [0.1, 0.15) is 0 Å². The predicted molar refractivity (Wildman–Crippen MR) is 75.0 cm³/mol. The van der Waals surface area contributed by atoms with Gasteiger partial charge in [0.05, 0.1) is 6.10 Å². The summed E-state index contributed by atoms with van der Waals surface area (Å²) in [6, 6.07) is 0.602. The van der Waals surface area contributed by atoms with Gasteiger partial charge in [-0.2, -0.15) is 0 Å². The standard InChI is InChI=1S/C14H30N2O2/c1-4-17-11-6-5-8-15-9-10-16(3)14-7-12-18-13(14)2/h13-15H,4-12H2,1-3H3. The van der Waals surface area contributed by atoms with E-state index in [0.717, 1.165) is 45.9 Å². The summed E-state index contributed by atoms with van der Waals surface area (Å²) in [5.74, 6) is 0. The van der Waals surface area contributed by atoms with Gasteiger partial charge < -0.3 is 14.8 Å². The Bertz CT molecular complexity index is 202. The molecular weight excluding hydrogens is 228 g/mol. The lowest BCUT2D eigenvalue weighted by atomic mass is 10.1. The van der Waals surface area contributed by atoms with E-state index in [1.807, 2.05) is 6.92 Å². The summed E-state index contributed by atoms with van der Waals surface area (Å²) in [4.78, 5) is 2.42. The highest BCUT2D eigenvalue weighted by molar-refractivity contribution is 4.80. The van der Waals surface area contributed by atoms with Crippen molar-refractivity contribution in [2.75, 3.05) is 46.5 Å². The minimum Gasteiger partial charge on any atom is -0.382 e. The smallest absolute Gasteiger partial charge is 0.0702 e. The molecule has 1 heterocycles. The number of hydrogen-bond donors (Lipinski definition) is 1. The van der Waals surface area contributed by atoms with Gasteiger partial charge in [0, 0.05) is 39.0 Å². The molecule has 1 saturated heterocycles. The van der Waals surface area contributed by atoms with Gasteiger partial charge >= 0.3 is 0 Å². The van der Waals surface area contributed by atoms with E-state index >= 15 is 0 Å². The molecule has 0 radical (unpaired) electrons. The molecule has 1 rings (SSSR count). The molecule has 18 heavy (non-hydrogen) atoms. The van der Waals surface area contributed by atoms with E-state index in [-0.39, 0.29) is 0 Å². The first-order chi connectivity index (χ1) is 8.75.